The molecule has 96 valence electrons. The molecule has 1 aromatic carbocycles. The van der Waals surface area contributed by atoms with E-state index in [1.165, 1.54) is 23.0 Å². The first-order valence-electron chi connectivity index (χ1n) is 5.86. The van der Waals surface area contributed by atoms with Crippen LogP contribution in [0.25, 0.3) is 10.9 Å². The van der Waals surface area contributed by atoms with E-state index < -0.39 is 5.82 Å². The summed E-state index contributed by atoms with van der Waals surface area (Å²) in [7, 11) is 0. The summed E-state index contributed by atoms with van der Waals surface area (Å²) in [5.74, 6) is -0.477. The number of nitrogens with one attached hydrogen (secondary N) is 1. The number of aromatic nitrogens is 4. The van der Waals surface area contributed by atoms with Crippen LogP contribution in [0.1, 0.15) is 5.69 Å². The molecule has 3 aromatic rings. The molecule has 0 radical (unpaired) electrons. The number of imidazole rings is 1. The normalized spacial score (nSPS) is 11.0. The van der Waals surface area contributed by atoms with Gasteiger partial charge in [-0.2, -0.15) is 0 Å². The lowest BCUT2D eigenvalue weighted by Gasteiger charge is -2.05. The number of hydrogen-bond donors (Lipinski definition) is 1. The average molecular weight is 258 g/mol. The van der Waals surface area contributed by atoms with Crippen molar-refractivity contribution in [3.8, 4) is 0 Å². The molecule has 2 heterocycles. The Kier molecular flexibility index (Phi) is 2.83. The topological polar surface area (TPSA) is 63.6 Å². The molecule has 3 rings (SSSR count). The fourth-order valence-electron chi connectivity index (χ4n) is 1.98. The third kappa shape index (κ3) is 2.12. The Morgan fingerprint density at radius 1 is 1.37 bits per heavy atom. The SMILES string of the molecule is O=c1c2cccc(F)c2ncn1CCc1cnc[nH]1. The zero-order chi connectivity index (χ0) is 13.2. The number of nitrogens with zero attached hydrogens (tertiary/aromatic N) is 3. The van der Waals surface area contributed by atoms with Crippen LogP contribution in [-0.4, -0.2) is 19.5 Å². The summed E-state index contributed by atoms with van der Waals surface area (Å²) in [6.45, 7) is 0.473. The van der Waals surface area contributed by atoms with Crippen molar-refractivity contribution in [1.29, 1.82) is 0 Å². The van der Waals surface area contributed by atoms with Gasteiger partial charge in [-0.1, -0.05) is 6.07 Å². The van der Waals surface area contributed by atoms with E-state index in [1.54, 1.807) is 18.6 Å². The van der Waals surface area contributed by atoms with Gasteiger partial charge in [0.15, 0.2) is 0 Å². The van der Waals surface area contributed by atoms with Gasteiger partial charge in [-0.15, -0.1) is 0 Å². The van der Waals surface area contributed by atoms with Crippen molar-refractivity contribution in [3.63, 3.8) is 0 Å². The first-order valence-corrected chi connectivity index (χ1v) is 5.86. The zero-order valence-electron chi connectivity index (χ0n) is 10.0. The number of fused-ring (bicyclic) bond motifs is 1. The number of para-hydroxylation sites is 1. The Morgan fingerprint density at radius 3 is 3.05 bits per heavy atom. The third-order valence-corrected chi connectivity index (χ3v) is 2.98. The molecule has 5 nitrogen and oxygen atoms in total. The van der Waals surface area contributed by atoms with Crippen LogP contribution in [0.3, 0.4) is 0 Å². The van der Waals surface area contributed by atoms with Crippen molar-refractivity contribution in [1.82, 2.24) is 19.5 Å². The molecule has 0 saturated carbocycles. The predicted octanol–water partition coefficient (Wildman–Crippen LogP) is 1.50. The second-order valence-corrected chi connectivity index (χ2v) is 4.21. The molecule has 0 atom stereocenters. The van der Waals surface area contributed by atoms with Crippen LogP contribution in [0, 0.1) is 5.82 Å². The maximum atomic E-state index is 13.5. The number of H-pyrrole nitrogens is 1. The van der Waals surface area contributed by atoms with Crippen molar-refractivity contribution in [2.24, 2.45) is 0 Å². The number of benzene rings is 1. The molecular formula is C13H11FN4O. The highest BCUT2D eigenvalue weighted by molar-refractivity contribution is 5.77. The zero-order valence-corrected chi connectivity index (χ0v) is 10.0. The largest absolute Gasteiger partial charge is 0.348 e. The number of halogens is 1. The molecule has 0 amide bonds. The Morgan fingerprint density at radius 2 is 2.26 bits per heavy atom. The van der Waals surface area contributed by atoms with Crippen LogP contribution >= 0.6 is 0 Å². The van der Waals surface area contributed by atoms with Gasteiger partial charge in [0.1, 0.15) is 11.3 Å². The molecule has 19 heavy (non-hydrogen) atoms. The Hall–Kier alpha value is -2.50. The maximum Gasteiger partial charge on any atom is 0.261 e. The van der Waals surface area contributed by atoms with E-state index in [9.17, 15) is 9.18 Å². The average Bonchev–Trinajstić information content (AvgIpc) is 2.92. The van der Waals surface area contributed by atoms with Gasteiger partial charge in [0.25, 0.3) is 5.56 Å². The smallest absolute Gasteiger partial charge is 0.261 e. The van der Waals surface area contributed by atoms with Gasteiger partial charge >= 0.3 is 0 Å². The summed E-state index contributed by atoms with van der Waals surface area (Å²) in [5.41, 5.74) is 0.820. The Bertz CT molecular complexity index is 764. The van der Waals surface area contributed by atoms with Crippen LogP contribution in [0.15, 0.2) is 41.8 Å². The number of rotatable bonds is 3. The van der Waals surface area contributed by atoms with Crippen molar-refractivity contribution < 1.29 is 4.39 Å². The van der Waals surface area contributed by atoms with Crippen LogP contribution < -0.4 is 5.56 Å². The molecule has 0 saturated heterocycles. The molecule has 6 heteroatoms. The van der Waals surface area contributed by atoms with Gasteiger partial charge in [-0.05, 0) is 12.1 Å². The molecule has 0 aliphatic heterocycles. The highest BCUT2D eigenvalue weighted by Gasteiger charge is 2.07. The van der Waals surface area contributed by atoms with Crippen molar-refractivity contribution in [3.05, 3.63) is 58.9 Å². The predicted molar refractivity (Wildman–Crippen MR) is 68.3 cm³/mol. The molecule has 0 aliphatic rings. The van der Waals surface area contributed by atoms with E-state index >= 15 is 0 Å². The van der Waals surface area contributed by atoms with Gasteiger partial charge in [-0.25, -0.2) is 14.4 Å². The van der Waals surface area contributed by atoms with E-state index in [0.717, 1.165) is 5.69 Å². The minimum absolute atomic E-state index is 0.116. The summed E-state index contributed by atoms with van der Waals surface area (Å²) in [6, 6.07) is 4.39. The fourth-order valence-corrected chi connectivity index (χ4v) is 1.98. The molecule has 0 unspecified atom stereocenters. The van der Waals surface area contributed by atoms with Crippen molar-refractivity contribution in [2.45, 2.75) is 13.0 Å². The van der Waals surface area contributed by atoms with Gasteiger partial charge in [-0.3, -0.25) is 9.36 Å². The maximum absolute atomic E-state index is 13.5. The molecular weight excluding hydrogens is 247 g/mol. The molecule has 0 fully saturated rings. The van der Waals surface area contributed by atoms with Gasteiger partial charge in [0, 0.05) is 24.9 Å². The molecule has 0 spiro atoms. The number of aryl methyl sites for hydroxylation is 2. The summed E-state index contributed by atoms with van der Waals surface area (Å²) in [5, 5.41) is 0.298. The minimum Gasteiger partial charge on any atom is -0.348 e. The molecule has 0 bridgehead atoms. The Balaban J connectivity index is 1.97. The van der Waals surface area contributed by atoms with Crippen LogP contribution in [0.4, 0.5) is 4.39 Å². The second-order valence-electron chi connectivity index (χ2n) is 4.21. The Labute approximate surface area is 107 Å². The second kappa shape index (κ2) is 4.64. The molecule has 0 aliphatic carbocycles. The summed E-state index contributed by atoms with van der Waals surface area (Å²) < 4.78 is 15.0. The van der Waals surface area contributed by atoms with Crippen LogP contribution in [-0.2, 0) is 13.0 Å². The summed E-state index contributed by atoms with van der Waals surface area (Å²) >= 11 is 0. The highest BCUT2D eigenvalue weighted by atomic mass is 19.1. The quantitative estimate of drug-likeness (QED) is 0.774. The van der Waals surface area contributed by atoms with Gasteiger partial charge in [0.05, 0.1) is 18.0 Å². The standard InChI is InChI=1S/C13H11FN4O/c14-11-3-1-2-10-12(11)17-8-18(13(10)19)5-4-9-6-15-7-16-9/h1-3,6-8H,4-5H2,(H,15,16). The summed E-state index contributed by atoms with van der Waals surface area (Å²) in [4.78, 5) is 23.1. The van der Waals surface area contributed by atoms with E-state index in [4.69, 9.17) is 0 Å². The number of aromatic amines is 1. The minimum atomic E-state index is -0.477. The van der Waals surface area contributed by atoms with Crippen LogP contribution in [0.5, 0.6) is 0 Å². The van der Waals surface area contributed by atoms with Crippen LogP contribution in [0.2, 0.25) is 0 Å². The van der Waals surface area contributed by atoms with E-state index in [0.29, 0.717) is 18.4 Å². The monoisotopic (exact) mass is 258 g/mol. The highest BCUT2D eigenvalue weighted by Crippen LogP contribution is 2.10. The first-order chi connectivity index (χ1) is 9.25. The van der Waals surface area contributed by atoms with E-state index in [-0.39, 0.29) is 11.1 Å². The van der Waals surface area contributed by atoms with E-state index in [1.807, 2.05) is 0 Å². The third-order valence-electron chi connectivity index (χ3n) is 2.98. The molecule has 1 N–H and O–H groups in total. The van der Waals surface area contributed by atoms with Crippen molar-refractivity contribution >= 4 is 10.9 Å². The van der Waals surface area contributed by atoms with Gasteiger partial charge in [0.2, 0.25) is 0 Å². The fraction of sp³-hybridized carbons (Fsp3) is 0.154. The van der Waals surface area contributed by atoms with E-state index in [2.05, 4.69) is 15.0 Å². The van der Waals surface area contributed by atoms with Gasteiger partial charge < -0.3 is 4.98 Å². The lowest BCUT2D eigenvalue weighted by Crippen LogP contribution is -2.22. The summed E-state index contributed by atoms with van der Waals surface area (Å²) in [6.07, 6.45) is 5.32. The first kappa shape index (κ1) is 11.6. The molecule has 2 aromatic heterocycles. The van der Waals surface area contributed by atoms with Crippen molar-refractivity contribution in [2.75, 3.05) is 0 Å². The lowest BCUT2D eigenvalue weighted by atomic mass is 10.2. The number of hydrogen-bond acceptors (Lipinski definition) is 3. The lowest BCUT2D eigenvalue weighted by molar-refractivity contribution is 0.628.